The van der Waals surface area contributed by atoms with Crippen LogP contribution in [0.15, 0.2) is 12.1 Å². The number of halogens is 3. The molecule has 0 fully saturated rings. The van der Waals surface area contributed by atoms with Crippen molar-refractivity contribution in [3.63, 3.8) is 0 Å². The van der Waals surface area contributed by atoms with Gasteiger partial charge >= 0.3 is 6.18 Å². The number of aromatic nitrogens is 1. The van der Waals surface area contributed by atoms with Gasteiger partial charge in [-0.25, -0.2) is 4.98 Å². The van der Waals surface area contributed by atoms with Crippen LogP contribution < -0.4 is 10.6 Å². The Morgan fingerprint density at radius 2 is 1.85 bits per heavy atom. The van der Waals surface area contributed by atoms with E-state index in [-0.39, 0.29) is 31.5 Å². The van der Waals surface area contributed by atoms with Crippen LogP contribution in [-0.2, 0) is 10.9 Å². The number of ether oxygens (including phenoxy) is 1. The maximum atomic E-state index is 12.7. The first-order chi connectivity index (χ1) is 9.47. The van der Waals surface area contributed by atoms with E-state index in [9.17, 15) is 13.2 Å². The summed E-state index contributed by atoms with van der Waals surface area (Å²) in [4.78, 5) is 4.03. The number of aliphatic hydroxyl groups is 1. The zero-order valence-corrected chi connectivity index (χ0v) is 11.1. The van der Waals surface area contributed by atoms with Crippen molar-refractivity contribution in [2.24, 2.45) is 0 Å². The summed E-state index contributed by atoms with van der Waals surface area (Å²) in [5.74, 6) is 0.296. The molecule has 0 aromatic carbocycles. The number of nitrogens with zero attached hydrogens (tertiary/aromatic N) is 1. The molecule has 3 N–H and O–H groups in total. The van der Waals surface area contributed by atoms with Crippen LogP contribution in [0.5, 0.6) is 0 Å². The van der Waals surface area contributed by atoms with E-state index in [0.717, 1.165) is 12.1 Å². The van der Waals surface area contributed by atoms with E-state index >= 15 is 0 Å². The number of nitrogens with one attached hydrogen (secondary N) is 2. The highest BCUT2D eigenvalue weighted by atomic mass is 19.4. The van der Waals surface area contributed by atoms with Gasteiger partial charge in [-0.05, 0) is 19.1 Å². The Morgan fingerprint density at radius 1 is 1.20 bits per heavy atom. The Bertz CT molecular complexity index is 413. The van der Waals surface area contributed by atoms with Crippen LogP contribution in [0.3, 0.4) is 0 Å². The Morgan fingerprint density at radius 3 is 2.40 bits per heavy atom. The zero-order valence-electron chi connectivity index (χ0n) is 11.1. The average Bonchev–Trinajstić information content (AvgIpc) is 2.38. The minimum absolute atomic E-state index is 0.0909. The summed E-state index contributed by atoms with van der Waals surface area (Å²) in [5.41, 5.74) is -0.762. The van der Waals surface area contributed by atoms with Crippen LogP contribution in [0.25, 0.3) is 0 Å². The lowest BCUT2D eigenvalue weighted by Crippen LogP contribution is -2.14. The number of anilines is 2. The molecule has 1 aromatic rings. The van der Waals surface area contributed by atoms with E-state index < -0.39 is 11.7 Å². The van der Waals surface area contributed by atoms with E-state index in [1.54, 1.807) is 6.92 Å². The number of hydrogen-bond acceptors (Lipinski definition) is 5. The Labute approximate surface area is 115 Å². The maximum Gasteiger partial charge on any atom is 0.416 e. The predicted molar refractivity (Wildman–Crippen MR) is 69.8 cm³/mol. The van der Waals surface area contributed by atoms with Crippen molar-refractivity contribution >= 4 is 11.6 Å². The van der Waals surface area contributed by atoms with E-state index in [2.05, 4.69) is 15.6 Å². The van der Waals surface area contributed by atoms with Gasteiger partial charge in [0, 0.05) is 13.1 Å². The number of alkyl halides is 3. The minimum atomic E-state index is -4.42. The topological polar surface area (TPSA) is 66.4 Å². The molecule has 8 heteroatoms. The van der Waals surface area contributed by atoms with Crippen molar-refractivity contribution < 1.29 is 23.0 Å². The monoisotopic (exact) mass is 293 g/mol. The summed E-state index contributed by atoms with van der Waals surface area (Å²) in [6.45, 7) is 2.94. The molecule has 0 aliphatic heterocycles. The van der Waals surface area contributed by atoms with E-state index in [0.29, 0.717) is 13.1 Å². The Kier molecular flexibility index (Phi) is 6.53. The lowest BCUT2D eigenvalue weighted by atomic mass is 10.2. The molecule has 0 amide bonds. The van der Waals surface area contributed by atoms with Gasteiger partial charge in [0.25, 0.3) is 0 Å². The molecule has 1 heterocycles. The van der Waals surface area contributed by atoms with Crippen LogP contribution >= 0.6 is 0 Å². The molecule has 0 saturated carbocycles. The fraction of sp³-hybridized carbons (Fsp3) is 0.583. The first-order valence-electron chi connectivity index (χ1n) is 6.23. The highest BCUT2D eigenvalue weighted by molar-refractivity contribution is 5.49. The van der Waals surface area contributed by atoms with Crippen LogP contribution in [0, 0.1) is 0 Å². The normalized spacial score (nSPS) is 11.4. The lowest BCUT2D eigenvalue weighted by Gasteiger charge is -2.13. The average molecular weight is 293 g/mol. The van der Waals surface area contributed by atoms with E-state index in [1.165, 1.54) is 0 Å². The molecule has 0 unspecified atom stereocenters. The van der Waals surface area contributed by atoms with Gasteiger partial charge in [0.15, 0.2) is 0 Å². The second kappa shape index (κ2) is 7.91. The van der Waals surface area contributed by atoms with E-state index in [1.807, 2.05) is 0 Å². The van der Waals surface area contributed by atoms with Crippen molar-refractivity contribution in [3.05, 3.63) is 17.7 Å². The molecule has 5 nitrogen and oxygen atoms in total. The van der Waals surface area contributed by atoms with Crippen molar-refractivity contribution in [1.82, 2.24) is 4.98 Å². The van der Waals surface area contributed by atoms with Crippen LogP contribution in [0.1, 0.15) is 12.5 Å². The van der Waals surface area contributed by atoms with Crippen molar-refractivity contribution in [2.75, 3.05) is 43.5 Å². The zero-order chi connectivity index (χ0) is 15.0. The summed E-state index contributed by atoms with van der Waals surface area (Å²) in [6, 6.07) is 1.92. The molecular formula is C12H18F3N3O2. The molecule has 1 rings (SSSR count). The summed E-state index contributed by atoms with van der Waals surface area (Å²) in [7, 11) is 0. The fourth-order valence-corrected chi connectivity index (χ4v) is 1.47. The smallest absolute Gasteiger partial charge is 0.394 e. The van der Waals surface area contributed by atoms with Gasteiger partial charge in [-0.15, -0.1) is 0 Å². The number of rotatable bonds is 8. The van der Waals surface area contributed by atoms with Crippen LogP contribution in [-0.4, -0.2) is 43.0 Å². The molecule has 20 heavy (non-hydrogen) atoms. The Hall–Kier alpha value is -1.54. The largest absolute Gasteiger partial charge is 0.416 e. The van der Waals surface area contributed by atoms with Crippen molar-refractivity contribution in [1.29, 1.82) is 0 Å². The molecule has 0 bridgehead atoms. The summed E-state index contributed by atoms with van der Waals surface area (Å²) >= 11 is 0. The molecular weight excluding hydrogens is 275 g/mol. The van der Waals surface area contributed by atoms with Gasteiger partial charge in [-0.2, -0.15) is 13.2 Å². The quantitative estimate of drug-likeness (QED) is 0.639. The van der Waals surface area contributed by atoms with Gasteiger partial charge in [0.1, 0.15) is 11.6 Å². The minimum Gasteiger partial charge on any atom is -0.394 e. The number of pyridine rings is 1. The SMILES string of the molecule is CCNc1cc(C(F)(F)F)cc(NCCOCCO)n1. The summed E-state index contributed by atoms with van der Waals surface area (Å²) in [5, 5.41) is 14.0. The highest BCUT2D eigenvalue weighted by Crippen LogP contribution is 2.31. The fourth-order valence-electron chi connectivity index (χ4n) is 1.47. The van der Waals surface area contributed by atoms with Gasteiger partial charge in [-0.1, -0.05) is 0 Å². The van der Waals surface area contributed by atoms with Crippen LogP contribution in [0.4, 0.5) is 24.8 Å². The molecule has 0 aliphatic carbocycles. The standard InChI is InChI=1S/C12H18F3N3O2/c1-2-16-10-7-9(12(13,14)15)8-11(18-10)17-3-5-20-6-4-19/h7-8,19H,2-6H2,1H3,(H2,16,17,18). The predicted octanol–water partition coefficient (Wildman–Crippen LogP) is 1.95. The second-order valence-electron chi connectivity index (χ2n) is 3.92. The summed E-state index contributed by atoms with van der Waals surface area (Å²) in [6.07, 6.45) is -4.42. The third-order valence-corrected chi connectivity index (χ3v) is 2.30. The first kappa shape index (κ1) is 16.5. The van der Waals surface area contributed by atoms with Gasteiger partial charge < -0.3 is 20.5 Å². The molecule has 114 valence electrons. The molecule has 0 aliphatic rings. The Balaban J connectivity index is 2.71. The highest BCUT2D eigenvalue weighted by Gasteiger charge is 2.31. The number of hydrogen-bond donors (Lipinski definition) is 3. The second-order valence-corrected chi connectivity index (χ2v) is 3.92. The molecule has 0 radical (unpaired) electrons. The van der Waals surface area contributed by atoms with Gasteiger partial charge in [-0.3, -0.25) is 0 Å². The molecule has 0 saturated heterocycles. The molecule has 0 atom stereocenters. The van der Waals surface area contributed by atoms with E-state index in [4.69, 9.17) is 9.84 Å². The van der Waals surface area contributed by atoms with Crippen LogP contribution in [0.2, 0.25) is 0 Å². The maximum absolute atomic E-state index is 12.7. The number of aliphatic hydroxyl groups excluding tert-OH is 1. The lowest BCUT2D eigenvalue weighted by molar-refractivity contribution is -0.137. The first-order valence-corrected chi connectivity index (χ1v) is 6.23. The van der Waals surface area contributed by atoms with Crippen molar-refractivity contribution in [2.45, 2.75) is 13.1 Å². The van der Waals surface area contributed by atoms with Gasteiger partial charge in [0.2, 0.25) is 0 Å². The molecule has 0 spiro atoms. The summed E-state index contributed by atoms with van der Waals surface area (Å²) < 4.78 is 43.2. The third-order valence-electron chi connectivity index (χ3n) is 2.30. The van der Waals surface area contributed by atoms with Crippen molar-refractivity contribution in [3.8, 4) is 0 Å². The third kappa shape index (κ3) is 5.62. The molecule has 1 aromatic heterocycles. The van der Waals surface area contributed by atoms with Gasteiger partial charge in [0.05, 0.1) is 25.4 Å².